The van der Waals surface area contributed by atoms with Gasteiger partial charge in [-0.1, -0.05) is 24.3 Å². The van der Waals surface area contributed by atoms with Gasteiger partial charge in [-0.2, -0.15) is 0 Å². The van der Waals surface area contributed by atoms with Crippen LogP contribution < -0.4 is 0 Å². The van der Waals surface area contributed by atoms with E-state index in [1.807, 2.05) is 24.3 Å². The van der Waals surface area contributed by atoms with E-state index in [0.717, 1.165) is 23.4 Å². The van der Waals surface area contributed by atoms with Gasteiger partial charge in [0.1, 0.15) is 5.82 Å². The monoisotopic (exact) mass is 216 g/mol. The van der Waals surface area contributed by atoms with Crippen LogP contribution in [0.4, 0.5) is 0 Å². The quantitative estimate of drug-likeness (QED) is 0.816. The smallest absolute Gasteiger partial charge is 0.307 e. The van der Waals surface area contributed by atoms with Gasteiger partial charge in [-0.05, 0) is 11.1 Å². The number of aromatic nitrogens is 2. The molecule has 0 fully saturated rings. The van der Waals surface area contributed by atoms with Crippen LogP contribution in [0.2, 0.25) is 0 Å². The van der Waals surface area contributed by atoms with E-state index in [4.69, 9.17) is 5.11 Å². The largest absolute Gasteiger partial charge is 0.481 e. The van der Waals surface area contributed by atoms with Gasteiger partial charge in [0, 0.05) is 18.8 Å². The van der Waals surface area contributed by atoms with Gasteiger partial charge >= 0.3 is 5.97 Å². The van der Waals surface area contributed by atoms with Crippen LogP contribution in [-0.4, -0.2) is 21.0 Å². The predicted molar refractivity (Wildman–Crippen MR) is 59.2 cm³/mol. The molecule has 1 aromatic carbocycles. The van der Waals surface area contributed by atoms with Gasteiger partial charge in [-0.3, -0.25) is 4.79 Å². The number of nitrogens with zero attached hydrogens (tertiary/aromatic N) is 1. The Labute approximate surface area is 93.0 Å². The van der Waals surface area contributed by atoms with Crippen LogP contribution in [0.15, 0.2) is 36.7 Å². The summed E-state index contributed by atoms with van der Waals surface area (Å²) in [5, 5.41) is 8.63. The molecule has 4 heteroatoms. The number of hydrogen-bond acceptors (Lipinski definition) is 2. The summed E-state index contributed by atoms with van der Waals surface area (Å²) in [6.45, 7) is 0. The molecule has 82 valence electrons. The molecule has 0 aliphatic rings. The second-order valence-electron chi connectivity index (χ2n) is 3.60. The Hall–Kier alpha value is -2.10. The molecular weight excluding hydrogens is 204 g/mol. The van der Waals surface area contributed by atoms with Crippen LogP contribution in [-0.2, 0) is 17.6 Å². The maximum Gasteiger partial charge on any atom is 0.307 e. The second kappa shape index (κ2) is 4.61. The molecule has 0 saturated carbocycles. The number of nitrogens with one attached hydrogen (secondary N) is 1. The van der Waals surface area contributed by atoms with Crippen molar-refractivity contribution >= 4 is 5.97 Å². The highest BCUT2D eigenvalue weighted by Crippen LogP contribution is 2.08. The highest BCUT2D eigenvalue weighted by atomic mass is 16.4. The number of rotatable bonds is 4. The van der Waals surface area contributed by atoms with Crippen molar-refractivity contribution in [3.63, 3.8) is 0 Å². The van der Waals surface area contributed by atoms with Gasteiger partial charge in [0.15, 0.2) is 0 Å². The lowest BCUT2D eigenvalue weighted by Gasteiger charge is -2.00. The molecule has 0 amide bonds. The summed E-state index contributed by atoms with van der Waals surface area (Å²) >= 11 is 0. The first-order chi connectivity index (χ1) is 7.74. The summed E-state index contributed by atoms with van der Waals surface area (Å²) in [4.78, 5) is 17.7. The number of carbonyl (C=O) groups is 1. The van der Waals surface area contributed by atoms with Crippen LogP contribution in [0.1, 0.15) is 17.0 Å². The van der Waals surface area contributed by atoms with Crippen molar-refractivity contribution in [1.82, 2.24) is 9.97 Å². The van der Waals surface area contributed by atoms with Gasteiger partial charge in [0.25, 0.3) is 0 Å². The lowest BCUT2D eigenvalue weighted by Crippen LogP contribution is -2.00. The molecule has 0 bridgehead atoms. The van der Waals surface area contributed by atoms with Crippen LogP contribution in [0, 0.1) is 0 Å². The number of carboxylic acid groups (broad SMARTS) is 1. The van der Waals surface area contributed by atoms with Gasteiger partial charge in [0.05, 0.1) is 6.42 Å². The minimum atomic E-state index is -0.807. The van der Waals surface area contributed by atoms with Gasteiger partial charge in [0.2, 0.25) is 0 Å². The van der Waals surface area contributed by atoms with E-state index in [1.54, 1.807) is 12.4 Å². The average molecular weight is 216 g/mol. The Kier molecular flexibility index (Phi) is 3.00. The van der Waals surface area contributed by atoms with Crippen molar-refractivity contribution in [3.8, 4) is 0 Å². The Morgan fingerprint density at radius 2 is 1.94 bits per heavy atom. The van der Waals surface area contributed by atoms with Crippen molar-refractivity contribution in [2.45, 2.75) is 12.8 Å². The minimum Gasteiger partial charge on any atom is -0.481 e. The topological polar surface area (TPSA) is 66.0 Å². The summed E-state index contributed by atoms with van der Waals surface area (Å²) in [5.74, 6) is 0.102. The molecule has 1 aromatic heterocycles. The zero-order valence-electron chi connectivity index (χ0n) is 8.68. The molecule has 0 radical (unpaired) electrons. The predicted octanol–water partition coefficient (Wildman–Crippen LogP) is 1.63. The maximum atomic E-state index is 10.5. The molecule has 2 rings (SSSR count). The summed E-state index contributed by atoms with van der Waals surface area (Å²) in [6.07, 6.45) is 4.31. The van der Waals surface area contributed by atoms with E-state index in [9.17, 15) is 4.79 Å². The maximum absolute atomic E-state index is 10.5. The average Bonchev–Trinajstić information content (AvgIpc) is 2.73. The van der Waals surface area contributed by atoms with Gasteiger partial charge in [-0.15, -0.1) is 0 Å². The van der Waals surface area contributed by atoms with Crippen molar-refractivity contribution in [3.05, 3.63) is 53.6 Å². The van der Waals surface area contributed by atoms with Crippen molar-refractivity contribution < 1.29 is 9.90 Å². The summed E-state index contributed by atoms with van der Waals surface area (Å²) < 4.78 is 0. The molecule has 0 spiro atoms. The Bertz CT molecular complexity index is 460. The molecule has 0 unspecified atom stereocenters. The molecular formula is C12H12N2O2. The molecule has 4 nitrogen and oxygen atoms in total. The SMILES string of the molecule is O=C(O)Cc1ccc(Cc2ncc[nH]2)cc1. The third-order valence-corrected chi connectivity index (χ3v) is 2.30. The van der Waals surface area contributed by atoms with Crippen molar-refractivity contribution in [2.75, 3.05) is 0 Å². The molecule has 1 heterocycles. The van der Waals surface area contributed by atoms with E-state index < -0.39 is 5.97 Å². The fourth-order valence-corrected chi connectivity index (χ4v) is 1.54. The normalized spacial score (nSPS) is 10.2. The fraction of sp³-hybridized carbons (Fsp3) is 0.167. The first-order valence-corrected chi connectivity index (χ1v) is 5.02. The molecule has 0 atom stereocenters. The van der Waals surface area contributed by atoms with E-state index in [-0.39, 0.29) is 6.42 Å². The third kappa shape index (κ3) is 2.70. The van der Waals surface area contributed by atoms with E-state index in [2.05, 4.69) is 9.97 Å². The number of aliphatic carboxylic acids is 1. The standard InChI is InChI=1S/C12H12N2O2/c15-12(16)8-10-3-1-9(2-4-10)7-11-13-5-6-14-11/h1-6H,7-8H2,(H,13,14)(H,15,16). The van der Waals surface area contributed by atoms with E-state index in [0.29, 0.717) is 0 Å². The van der Waals surface area contributed by atoms with Crippen LogP contribution in [0.25, 0.3) is 0 Å². The molecule has 0 aliphatic heterocycles. The Balaban J connectivity index is 2.05. The van der Waals surface area contributed by atoms with Crippen molar-refractivity contribution in [2.24, 2.45) is 0 Å². The van der Waals surface area contributed by atoms with Crippen LogP contribution in [0.3, 0.4) is 0 Å². The van der Waals surface area contributed by atoms with Gasteiger partial charge < -0.3 is 10.1 Å². The van der Waals surface area contributed by atoms with Crippen LogP contribution >= 0.6 is 0 Å². The molecule has 16 heavy (non-hydrogen) atoms. The number of hydrogen-bond donors (Lipinski definition) is 2. The van der Waals surface area contributed by atoms with E-state index >= 15 is 0 Å². The second-order valence-corrected chi connectivity index (χ2v) is 3.60. The van der Waals surface area contributed by atoms with Crippen molar-refractivity contribution in [1.29, 1.82) is 0 Å². The molecule has 2 aromatic rings. The Morgan fingerprint density at radius 3 is 2.50 bits per heavy atom. The first-order valence-electron chi connectivity index (χ1n) is 5.02. The first kappa shape index (κ1) is 10.4. The highest BCUT2D eigenvalue weighted by molar-refractivity contribution is 5.70. The lowest BCUT2D eigenvalue weighted by atomic mass is 10.1. The fourth-order valence-electron chi connectivity index (χ4n) is 1.54. The number of carboxylic acids is 1. The number of H-pyrrole nitrogens is 1. The van der Waals surface area contributed by atoms with E-state index in [1.165, 1.54) is 0 Å². The summed E-state index contributed by atoms with van der Waals surface area (Å²) in [5.41, 5.74) is 1.93. The number of imidazole rings is 1. The van der Waals surface area contributed by atoms with Crippen LogP contribution in [0.5, 0.6) is 0 Å². The molecule has 2 N–H and O–H groups in total. The zero-order valence-corrected chi connectivity index (χ0v) is 8.68. The third-order valence-electron chi connectivity index (χ3n) is 2.30. The summed E-state index contributed by atoms with van der Waals surface area (Å²) in [7, 11) is 0. The summed E-state index contributed by atoms with van der Waals surface area (Å²) in [6, 6.07) is 7.54. The molecule has 0 aliphatic carbocycles. The Morgan fingerprint density at radius 1 is 1.25 bits per heavy atom. The number of benzene rings is 1. The lowest BCUT2D eigenvalue weighted by molar-refractivity contribution is -0.136. The number of aromatic amines is 1. The molecule has 0 saturated heterocycles. The van der Waals surface area contributed by atoms with Gasteiger partial charge in [-0.25, -0.2) is 4.98 Å². The zero-order chi connectivity index (χ0) is 11.4. The minimum absolute atomic E-state index is 0.0705. The highest BCUT2D eigenvalue weighted by Gasteiger charge is 2.01.